The molecule has 1 rings (SSSR count). The maximum absolute atomic E-state index is 5.48. The highest BCUT2D eigenvalue weighted by atomic mass is 35.5. The molecule has 1 nitrogen and oxygen atoms in total. The molecule has 0 aliphatic heterocycles. The third-order valence-electron chi connectivity index (χ3n) is 1.79. The summed E-state index contributed by atoms with van der Waals surface area (Å²) in [6.45, 7) is 1.79. The molecule has 0 aromatic rings. The smallest absolute Gasteiger partial charge is 0.0477 e. The molecule has 0 unspecified atom stereocenters. The highest BCUT2D eigenvalue weighted by Gasteiger charge is 2.20. The van der Waals surface area contributed by atoms with Gasteiger partial charge in [-0.15, -0.1) is 11.6 Å². The summed E-state index contributed by atoms with van der Waals surface area (Å²) in [5.41, 5.74) is 0. The Kier molecular flexibility index (Phi) is 4.15. The Labute approximate surface area is 67.7 Å². The molecule has 0 heterocycles. The molecule has 0 amide bonds. The van der Waals surface area contributed by atoms with Gasteiger partial charge in [0.25, 0.3) is 0 Å². The van der Waals surface area contributed by atoms with Crippen molar-refractivity contribution >= 4 is 11.6 Å². The van der Waals surface area contributed by atoms with E-state index in [0.717, 1.165) is 31.4 Å². The number of ether oxygens (including phenoxy) is 1. The van der Waals surface area contributed by atoms with Gasteiger partial charge < -0.3 is 4.74 Å². The van der Waals surface area contributed by atoms with Gasteiger partial charge in [0.05, 0.1) is 0 Å². The van der Waals surface area contributed by atoms with Crippen molar-refractivity contribution in [1.82, 2.24) is 0 Å². The van der Waals surface area contributed by atoms with E-state index in [9.17, 15) is 0 Å². The molecular formula is C8H15ClO. The molecule has 0 N–H and O–H groups in total. The second-order valence-corrected chi connectivity index (χ2v) is 3.26. The summed E-state index contributed by atoms with van der Waals surface area (Å²) in [4.78, 5) is 0. The van der Waals surface area contributed by atoms with E-state index in [2.05, 4.69) is 0 Å². The monoisotopic (exact) mass is 162 g/mol. The van der Waals surface area contributed by atoms with Crippen LogP contribution in [0.5, 0.6) is 0 Å². The molecule has 0 saturated heterocycles. The molecule has 1 aliphatic carbocycles. The second-order valence-electron chi connectivity index (χ2n) is 2.89. The molecule has 1 saturated carbocycles. The van der Waals surface area contributed by atoms with Crippen molar-refractivity contribution in [3.05, 3.63) is 0 Å². The van der Waals surface area contributed by atoms with E-state index in [0.29, 0.717) is 0 Å². The highest BCUT2D eigenvalue weighted by Crippen LogP contribution is 2.31. The van der Waals surface area contributed by atoms with Gasteiger partial charge in [-0.1, -0.05) is 12.8 Å². The Balaban J connectivity index is 1.68. The number of alkyl halides is 1. The van der Waals surface area contributed by atoms with Gasteiger partial charge in [0.15, 0.2) is 0 Å². The lowest BCUT2D eigenvalue weighted by Gasteiger charge is -2.00. The lowest BCUT2D eigenvalue weighted by molar-refractivity contribution is 0.129. The van der Waals surface area contributed by atoms with E-state index in [1.807, 2.05) is 0 Å². The lowest BCUT2D eigenvalue weighted by Crippen LogP contribution is -1.97. The Bertz CT molecular complexity index is 81.3. The van der Waals surface area contributed by atoms with Gasteiger partial charge in [-0.25, -0.2) is 0 Å². The summed E-state index contributed by atoms with van der Waals surface area (Å²) < 4.78 is 5.34. The van der Waals surface area contributed by atoms with Gasteiger partial charge in [0, 0.05) is 19.1 Å². The van der Waals surface area contributed by atoms with E-state index < -0.39 is 0 Å². The van der Waals surface area contributed by atoms with Gasteiger partial charge >= 0.3 is 0 Å². The van der Waals surface area contributed by atoms with Crippen LogP contribution in [-0.2, 0) is 4.74 Å². The van der Waals surface area contributed by atoms with Crippen molar-refractivity contribution in [2.75, 3.05) is 19.1 Å². The largest absolute Gasteiger partial charge is 0.381 e. The van der Waals surface area contributed by atoms with Crippen LogP contribution in [0.1, 0.15) is 25.7 Å². The Morgan fingerprint density at radius 3 is 2.70 bits per heavy atom. The minimum absolute atomic E-state index is 0.726. The topological polar surface area (TPSA) is 9.23 Å². The van der Waals surface area contributed by atoms with Gasteiger partial charge in [-0.2, -0.15) is 0 Å². The number of halogens is 1. The fraction of sp³-hybridized carbons (Fsp3) is 1.00. The first-order chi connectivity index (χ1) is 4.93. The Morgan fingerprint density at radius 2 is 2.10 bits per heavy atom. The molecule has 0 aromatic heterocycles. The number of hydrogen-bond acceptors (Lipinski definition) is 1. The van der Waals surface area contributed by atoms with Crippen LogP contribution < -0.4 is 0 Å². The second kappa shape index (κ2) is 4.97. The van der Waals surface area contributed by atoms with E-state index in [4.69, 9.17) is 16.3 Å². The fourth-order valence-electron chi connectivity index (χ4n) is 0.915. The molecule has 10 heavy (non-hydrogen) atoms. The van der Waals surface area contributed by atoms with Crippen LogP contribution in [0.25, 0.3) is 0 Å². The van der Waals surface area contributed by atoms with E-state index in [1.54, 1.807) is 0 Å². The van der Waals surface area contributed by atoms with Crippen molar-refractivity contribution in [2.24, 2.45) is 5.92 Å². The summed E-state index contributed by atoms with van der Waals surface area (Å²) in [6, 6.07) is 0. The molecule has 1 aliphatic rings. The van der Waals surface area contributed by atoms with Crippen molar-refractivity contribution in [3.63, 3.8) is 0 Å². The molecule has 2 heteroatoms. The quantitative estimate of drug-likeness (QED) is 0.431. The molecule has 0 aromatic carbocycles. The molecule has 0 spiro atoms. The van der Waals surface area contributed by atoms with E-state index in [1.165, 1.54) is 19.3 Å². The standard InChI is InChI=1S/C8H15ClO/c9-5-1-6-10-7-4-8-2-3-8/h8H,1-7H2. The molecular weight excluding hydrogens is 148 g/mol. The number of rotatable bonds is 6. The molecule has 0 radical (unpaired) electrons. The zero-order valence-electron chi connectivity index (χ0n) is 6.31. The van der Waals surface area contributed by atoms with Crippen LogP contribution in [0.3, 0.4) is 0 Å². The normalized spacial score (nSPS) is 17.7. The van der Waals surface area contributed by atoms with Gasteiger partial charge in [0.2, 0.25) is 0 Å². The van der Waals surface area contributed by atoms with Crippen molar-refractivity contribution < 1.29 is 4.74 Å². The summed E-state index contributed by atoms with van der Waals surface area (Å²) in [5, 5.41) is 0. The first-order valence-electron chi connectivity index (χ1n) is 4.07. The van der Waals surface area contributed by atoms with Crippen LogP contribution in [0.4, 0.5) is 0 Å². The van der Waals surface area contributed by atoms with Gasteiger partial charge in [-0.05, 0) is 18.8 Å². The van der Waals surface area contributed by atoms with Gasteiger partial charge in [-0.3, -0.25) is 0 Å². The first-order valence-corrected chi connectivity index (χ1v) is 4.60. The predicted octanol–water partition coefficient (Wildman–Crippen LogP) is 2.43. The molecule has 0 atom stereocenters. The average molecular weight is 163 g/mol. The Hall–Kier alpha value is 0.250. The van der Waals surface area contributed by atoms with Crippen LogP contribution >= 0.6 is 11.6 Å². The van der Waals surface area contributed by atoms with E-state index >= 15 is 0 Å². The highest BCUT2D eigenvalue weighted by molar-refractivity contribution is 6.17. The van der Waals surface area contributed by atoms with E-state index in [-0.39, 0.29) is 0 Å². The van der Waals surface area contributed by atoms with Crippen molar-refractivity contribution in [1.29, 1.82) is 0 Å². The maximum atomic E-state index is 5.48. The van der Waals surface area contributed by atoms with Crippen LogP contribution in [0, 0.1) is 5.92 Å². The fourth-order valence-corrected chi connectivity index (χ4v) is 1.02. The van der Waals surface area contributed by atoms with Crippen molar-refractivity contribution in [3.8, 4) is 0 Å². The molecule has 1 fully saturated rings. The number of hydrogen-bond donors (Lipinski definition) is 0. The zero-order valence-corrected chi connectivity index (χ0v) is 7.07. The molecule has 60 valence electrons. The summed E-state index contributed by atoms with van der Waals surface area (Å²) in [6.07, 6.45) is 5.12. The summed E-state index contributed by atoms with van der Waals surface area (Å²) in [7, 11) is 0. The van der Waals surface area contributed by atoms with Crippen LogP contribution in [-0.4, -0.2) is 19.1 Å². The predicted molar refractivity (Wildman–Crippen MR) is 43.5 cm³/mol. The molecule has 0 bridgehead atoms. The lowest BCUT2D eigenvalue weighted by atomic mass is 10.3. The SMILES string of the molecule is ClCCCOCCC1CC1. The minimum Gasteiger partial charge on any atom is -0.381 e. The van der Waals surface area contributed by atoms with Crippen molar-refractivity contribution in [2.45, 2.75) is 25.7 Å². The zero-order chi connectivity index (χ0) is 7.23. The summed E-state index contributed by atoms with van der Waals surface area (Å²) in [5.74, 6) is 1.72. The maximum Gasteiger partial charge on any atom is 0.0477 e. The Morgan fingerprint density at radius 1 is 1.30 bits per heavy atom. The summed E-state index contributed by atoms with van der Waals surface area (Å²) >= 11 is 5.48. The minimum atomic E-state index is 0.726. The third-order valence-corrected chi connectivity index (χ3v) is 2.06. The van der Waals surface area contributed by atoms with Gasteiger partial charge in [0.1, 0.15) is 0 Å². The third kappa shape index (κ3) is 4.13. The first kappa shape index (κ1) is 8.35. The van der Waals surface area contributed by atoms with Crippen LogP contribution in [0.15, 0.2) is 0 Å². The average Bonchev–Trinajstić information content (AvgIpc) is 2.71. The van der Waals surface area contributed by atoms with Crippen LogP contribution in [0.2, 0.25) is 0 Å².